The van der Waals surface area contributed by atoms with Crippen LogP contribution < -0.4 is 10.5 Å². The molecule has 0 aliphatic carbocycles. The smallest absolute Gasteiger partial charge is 0.419 e. The average Bonchev–Trinajstić information content (AvgIpc) is 2.82. The molecule has 1 heterocycles. The van der Waals surface area contributed by atoms with E-state index in [1.807, 2.05) is 6.07 Å². The summed E-state index contributed by atoms with van der Waals surface area (Å²) in [5.41, 5.74) is 4.81. The van der Waals surface area contributed by atoms with Gasteiger partial charge in [0.15, 0.2) is 0 Å². The first-order chi connectivity index (χ1) is 9.41. The highest BCUT2D eigenvalue weighted by atomic mass is 79.9. The van der Waals surface area contributed by atoms with Crippen LogP contribution in [0.3, 0.4) is 0 Å². The summed E-state index contributed by atoms with van der Waals surface area (Å²) < 4.78 is 45.0. The maximum absolute atomic E-state index is 12.9. The Kier molecular flexibility index (Phi) is 4.72. The molecule has 0 aliphatic rings. The van der Waals surface area contributed by atoms with Gasteiger partial charge in [0.25, 0.3) is 0 Å². The van der Waals surface area contributed by atoms with E-state index in [9.17, 15) is 13.2 Å². The van der Waals surface area contributed by atoms with Crippen LogP contribution in [0.5, 0.6) is 5.75 Å². The third-order valence-corrected chi connectivity index (χ3v) is 4.30. The lowest BCUT2D eigenvalue weighted by atomic mass is 10.2. The normalized spacial score (nSPS) is 13.2. The van der Waals surface area contributed by atoms with Crippen molar-refractivity contribution >= 4 is 27.3 Å². The molecule has 7 heteroatoms. The van der Waals surface area contributed by atoms with Gasteiger partial charge in [-0.25, -0.2) is 0 Å². The molecule has 0 saturated carbocycles. The van der Waals surface area contributed by atoms with Crippen molar-refractivity contribution in [2.24, 2.45) is 5.73 Å². The van der Waals surface area contributed by atoms with Crippen LogP contribution >= 0.6 is 27.3 Å². The molecule has 0 bridgehead atoms. The number of hydrogen-bond acceptors (Lipinski definition) is 3. The Morgan fingerprint density at radius 2 is 1.90 bits per heavy atom. The summed E-state index contributed by atoms with van der Waals surface area (Å²) >= 11 is 4.69. The second-order valence-electron chi connectivity index (χ2n) is 3.98. The fraction of sp³-hybridized carbons (Fsp3) is 0.231. The number of rotatable bonds is 4. The molecule has 1 aromatic heterocycles. The van der Waals surface area contributed by atoms with Crippen molar-refractivity contribution in [3.05, 3.63) is 50.6 Å². The highest BCUT2D eigenvalue weighted by molar-refractivity contribution is 9.11. The predicted molar refractivity (Wildman–Crippen MR) is 75.9 cm³/mol. The van der Waals surface area contributed by atoms with E-state index in [2.05, 4.69) is 15.9 Å². The van der Waals surface area contributed by atoms with Gasteiger partial charge >= 0.3 is 6.18 Å². The van der Waals surface area contributed by atoms with Crippen molar-refractivity contribution < 1.29 is 17.9 Å². The first-order valence-corrected chi connectivity index (χ1v) is 7.31. The summed E-state index contributed by atoms with van der Waals surface area (Å²) in [5.74, 6) is -0.208. The highest BCUT2D eigenvalue weighted by Crippen LogP contribution is 2.38. The average molecular weight is 366 g/mol. The van der Waals surface area contributed by atoms with Gasteiger partial charge in [0.2, 0.25) is 0 Å². The standard InChI is InChI=1S/C13H11BrF3NOS/c14-12-6-5-11(20-12)10(7-18)19-9-4-2-1-3-8(9)13(15,16)17/h1-6,10H,7,18H2. The zero-order chi connectivity index (χ0) is 14.8. The second kappa shape index (κ2) is 6.15. The van der Waals surface area contributed by atoms with Crippen LogP contribution in [0, 0.1) is 0 Å². The number of nitrogens with two attached hydrogens (primary N) is 1. The number of ether oxygens (including phenoxy) is 1. The van der Waals surface area contributed by atoms with E-state index in [1.54, 1.807) is 6.07 Å². The summed E-state index contributed by atoms with van der Waals surface area (Å²) in [6, 6.07) is 8.71. The molecule has 20 heavy (non-hydrogen) atoms. The van der Waals surface area contributed by atoms with E-state index in [0.717, 1.165) is 14.7 Å². The van der Waals surface area contributed by atoms with Gasteiger partial charge in [-0.05, 0) is 40.2 Å². The summed E-state index contributed by atoms with van der Waals surface area (Å²) in [5, 5.41) is 0. The van der Waals surface area contributed by atoms with Gasteiger partial charge in [-0.3, -0.25) is 0 Å². The van der Waals surface area contributed by atoms with Gasteiger partial charge in [0.05, 0.1) is 9.35 Å². The van der Waals surface area contributed by atoms with Crippen molar-refractivity contribution in [1.82, 2.24) is 0 Å². The van der Waals surface area contributed by atoms with Crippen LogP contribution in [0.1, 0.15) is 16.5 Å². The van der Waals surface area contributed by atoms with E-state index in [1.165, 1.54) is 29.5 Å². The van der Waals surface area contributed by atoms with Gasteiger partial charge in [-0.2, -0.15) is 13.2 Å². The van der Waals surface area contributed by atoms with E-state index in [-0.39, 0.29) is 12.3 Å². The Balaban J connectivity index is 2.29. The van der Waals surface area contributed by atoms with Crippen molar-refractivity contribution in [3.63, 3.8) is 0 Å². The maximum atomic E-state index is 12.9. The number of thiophene rings is 1. The number of hydrogen-bond donors (Lipinski definition) is 1. The van der Waals surface area contributed by atoms with Gasteiger partial charge < -0.3 is 10.5 Å². The topological polar surface area (TPSA) is 35.2 Å². The molecule has 0 amide bonds. The molecule has 1 atom stereocenters. The second-order valence-corrected chi connectivity index (χ2v) is 6.47. The van der Waals surface area contributed by atoms with Gasteiger partial charge in [-0.15, -0.1) is 11.3 Å². The largest absolute Gasteiger partial charge is 0.483 e. The molecule has 2 nitrogen and oxygen atoms in total. The van der Waals surface area contributed by atoms with E-state index in [0.29, 0.717) is 0 Å². The monoisotopic (exact) mass is 365 g/mol. The fourth-order valence-corrected chi connectivity index (χ4v) is 3.15. The predicted octanol–water partition coefficient (Wildman–Crippen LogP) is 4.61. The van der Waals surface area contributed by atoms with Gasteiger partial charge in [-0.1, -0.05) is 12.1 Å². The Hall–Kier alpha value is -1.05. The Morgan fingerprint density at radius 1 is 1.20 bits per heavy atom. The summed E-state index contributed by atoms with van der Waals surface area (Å²) in [7, 11) is 0. The van der Waals surface area contributed by atoms with Crippen LogP contribution in [-0.2, 0) is 6.18 Å². The molecule has 0 aliphatic heterocycles. The van der Waals surface area contributed by atoms with Crippen LogP contribution in [0.25, 0.3) is 0 Å². The molecular formula is C13H11BrF3NOS. The van der Waals surface area contributed by atoms with Gasteiger partial charge in [0, 0.05) is 11.4 Å². The minimum absolute atomic E-state index is 0.0964. The van der Waals surface area contributed by atoms with E-state index >= 15 is 0 Å². The summed E-state index contributed by atoms with van der Waals surface area (Å²) in [6.07, 6.45) is -5.05. The van der Waals surface area contributed by atoms with Crippen LogP contribution in [0.15, 0.2) is 40.2 Å². The lowest BCUT2D eigenvalue weighted by molar-refractivity contribution is -0.139. The molecule has 108 valence electrons. The van der Waals surface area contributed by atoms with E-state index in [4.69, 9.17) is 10.5 Å². The van der Waals surface area contributed by atoms with Crippen molar-refractivity contribution in [2.45, 2.75) is 12.3 Å². The minimum atomic E-state index is -4.45. The van der Waals surface area contributed by atoms with Gasteiger partial charge in [0.1, 0.15) is 11.9 Å². The molecule has 1 aromatic carbocycles. The Morgan fingerprint density at radius 3 is 2.45 bits per heavy atom. The van der Waals surface area contributed by atoms with Crippen LogP contribution in [-0.4, -0.2) is 6.54 Å². The summed E-state index contributed by atoms with van der Waals surface area (Å²) in [6.45, 7) is 0.0964. The van der Waals surface area contributed by atoms with Crippen molar-refractivity contribution in [3.8, 4) is 5.75 Å². The zero-order valence-electron chi connectivity index (χ0n) is 10.2. The molecule has 2 rings (SSSR count). The lowest BCUT2D eigenvalue weighted by Crippen LogP contribution is -2.19. The molecule has 2 N–H and O–H groups in total. The minimum Gasteiger partial charge on any atom is -0.483 e. The highest BCUT2D eigenvalue weighted by Gasteiger charge is 2.34. The Bertz CT molecular complexity index is 585. The van der Waals surface area contributed by atoms with E-state index < -0.39 is 17.8 Å². The third-order valence-electron chi connectivity index (χ3n) is 2.59. The number of halogens is 4. The molecular weight excluding hydrogens is 355 g/mol. The third kappa shape index (κ3) is 3.53. The first kappa shape index (κ1) is 15.3. The zero-order valence-corrected chi connectivity index (χ0v) is 12.6. The maximum Gasteiger partial charge on any atom is 0.419 e. The Labute approximate surface area is 126 Å². The van der Waals surface area contributed by atoms with Crippen molar-refractivity contribution in [2.75, 3.05) is 6.54 Å². The number of alkyl halides is 3. The molecule has 0 spiro atoms. The van der Waals surface area contributed by atoms with Crippen LogP contribution in [0.2, 0.25) is 0 Å². The molecule has 2 aromatic rings. The number of benzene rings is 1. The SMILES string of the molecule is NCC(Oc1ccccc1C(F)(F)F)c1ccc(Br)s1. The number of para-hydroxylation sites is 1. The van der Waals surface area contributed by atoms with Crippen molar-refractivity contribution in [1.29, 1.82) is 0 Å². The molecule has 1 unspecified atom stereocenters. The fourth-order valence-electron chi connectivity index (χ4n) is 1.68. The summed E-state index contributed by atoms with van der Waals surface area (Å²) in [4.78, 5) is 0.774. The molecule has 0 fully saturated rings. The lowest BCUT2D eigenvalue weighted by Gasteiger charge is -2.19. The molecule has 0 saturated heterocycles. The first-order valence-electron chi connectivity index (χ1n) is 5.70. The molecule has 0 radical (unpaired) electrons. The van der Waals surface area contributed by atoms with Crippen LogP contribution in [0.4, 0.5) is 13.2 Å². The quantitative estimate of drug-likeness (QED) is 0.858.